The molecule has 0 amide bonds. The van der Waals surface area contributed by atoms with Crippen molar-refractivity contribution in [3.8, 4) is 0 Å². The molecule has 5 nitrogen and oxygen atoms in total. The zero-order valence-corrected chi connectivity index (χ0v) is 10.3. The van der Waals surface area contributed by atoms with Crippen molar-refractivity contribution >= 4 is 11.8 Å². The highest BCUT2D eigenvalue weighted by Gasteiger charge is 2.16. The van der Waals surface area contributed by atoms with Crippen LogP contribution in [0.1, 0.15) is 35.0 Å². The minimum atomic E-state index is -0.978. The normalized spacial score (nSPS) is 10.8. The Bertz CT molecular complexity index is 442. The Kier molecular flexibility index (Phi) is 4.63. The fourth-order valence-electron chi connectivity index (χ4n) is 1.43. The molecule has 1 rings (SSSR count). The van der Waals surface area contributed by atoms with E-state index in [4.69, 9.17) is 5.11 Å². The van der Waals surface area contributed by atoms with Crippen LogP contribution in [0, 0.1) is 13.8 Å². The van der Waals surface area contributed by atoms with Crippen LogP contribution in [0.4, 0.5) is 5.82 Å². The molecule has 2 N–H and O–H groups in total. The standard InChI is InChI=1S/C12H17N3O2/c1-4-5-6-7-13-11-10(12(16)17)8(2)9(3)14-15-11/h4-5H,6-7H2,1-3H3,(H,13,15)(H,16,17)/b5-4+. The van der Waals surface area contributed by atoms with Gasteiger partial charge in [-0.3, -0.25) is 0 Å². The maximum absolute atomic E-state index is 11.2. The molecule has 1 heterocycles. The second-order valence-corrected chi connectivity index (χ2v) is 3.72. The SMILES string of the molecule is C/C=C/CCNc1nnc(C)c(C)c1C(=O)O. The first kappa shape index (κ1) is 13.2. The highest BCUT2D eigenvalue weighted by atomic mass is 16.4. The minimum Gasteiger partial charge on any atom is -0.478 e. The summed E-state index contributed by atoms with van der Waals surface area (Å²) in [6.45, 7) is 6.07. The van der Waals surface area contributed by atoms with E-state index < -0.39 is 5.97 Å². The Morgan fingerprint density at radius 1 is 1.41 bits per heavy atom. The van der Waals surface area contributed by atoms with Crippen LogP contribution in [0.3, 0.4) is 0 Å². The number of nitrogens with one attached hydrogen (secondary N) is 1. The third-order valence-corrected chi connectivity index (χ3v) is 2.51. The number of aromatic nitrogens is 2. The molecule has 0 aliphatic heterocycles. The molecule has 17 heavy (non-hydrogen) atoms. The quantitative estimate of drug-likeness (QED) is 0.604. The van der Waals surface area contributed by atoms with Gasteiger partial charge in [0.25, 0.3) is 0 Å². The van der Waals surface area contributed by atoms with E-state index >= 15 is 0 Å². The molecule has 0 fully saturated rings. The van der Waals surface area contributed by atoms with Crippen molar-refractivity contribution in [1.82, 2.24) is 10.2 Å². The number of aromatic carboxylic acids is 1. The average molecular weight is 235 g/mol. The van der Waals surface area contributed by atoms with Gasteiger partial charge in [0, 0.05) is 6.54 Å². The van der Waals surface area contributed by atoms with E-state index in [-0.39, 0.29) is 5.56 Å². The van der Waals surface area contributed by atoms with Crippen LogP contribution in [-0.4, -0.2) is 27.8 Å². The van der Waals surface area contributed by atoms with E-state index in [1.54, 1.807) is 13.8 Å². The van der Waals surface area contributed by atoms with E-state index in [1.807, 2.05) is 19.1 Å². The molecule has 0 saturated heterocycles. The van der Waals surface area contributed by atoms with Gasteiger partial charge in [0.15, 0.2) is 5.82 Å². The summed E-state index contributed by atoms with van der Waals surface area (Å²) in [5.74, 6) is -0.640. The number of carboxylic acids is 1. The first-order chi connectivity index (χ1) is 8.07. The first-order valence-corrected chi connectivity index (χ1v) is 5.50. The molecule has 0 aromatic carbocycles. The molecule has 0 saturated carbocycles. The fraction of sp³-hybridized carbons (Fsp3) is 0.417. The summed E-state index contributed by atoms with van der Waals surface area (Å²) in [5, 5.41) is 20.0. The summed E-state index contributed by atoms with van der Waals surface area (Å²) in [7, 11) is 0. The van der Waals surface area contributed by atoms with E-state index in [0.29, 0.717) is 23.6 Å². The van der Waals surface area contributed by atoms with Gasteiger partial charge in [0.05, 0.1) is 5.69 Å². The van der Waals surface area contributed by atoms with E-state index in [2.05, 4.69) is 15.5 Å². The van der Waals surface area contributed by atoms with E-state index in [1.165, 1.54) is 0 Å². The molecular formula is C12H17N3O2. The van der Waals surface area contributed by atoms with Crippen LogP contribution < -0.4 is 5.32 Å². The van der Waals surface area contributed by atoms with Gasteiger partial charge in [-0.2, -0.15) is 5.10 Å². The molecule has 0 aliphatic carbocycles. The summed E-state index contributed by atoms with van der Waals surface area (Å²) >= 11 is 0. The Morgan fingerprint density at radius 3 is 2.71 bits per heavy atom. The number of nitrogens with zero attached hydrogens (tertiary/aromatic N) is 2. The van der Waals surface area contributed by atoms with Crippen molar-refractivity contribution in [2.24, 2.45) is 0 Å². The molecule has 0 spiro atoms. The maximum atomic E-state index is 11.2. The summed E-state index contributed by atoms with van der Waals surface area (Å²) < 4.78 is 0. The highest BCUT2D eigenvalue weighted by molar-refractivity contribution is 5.94. The van der Waals surface area contributed by atoms with Crippen LogP contribution in [0.5, 0.6) is 0 Å². The summed E-state index contributed by atoms with van der Waals surface area (Å²) in [4.78, 5) is 11.2. The molecular weight excluding hydrogens is 218 g/mol. The van der Waals surface area contributed by atoms with Gasteiger partial charge >= 0.3 is 5.97 Å². The molecule has 0 bridgehead atoms. The smallest absolute Gasteiger partial charge is 0.339 e. The summed E-state index contributed by atoms with van der Waals surface area (Å²) in [6.07, 6.45) is 4.78. The van der Waals surface area contributed by atoms with Crippen molar-refractivity contribution < 1.29 is 9.90 Å². The number of rotatable bonds is 5. The van der Waals surface area contributed by atoms with Crippen LogP contribution in [0.25, 0.3) is 0 Å². The topological polar surface area (TPSA) is 75.1 Å². The van der Waals surface area contributed by atoms with Crippen molar-refractivity contribution in [3.05, 3.63) is 29.0 Å². The summed E-state index contributed by atoms with van der Waals surface area (Å²) in [5.41, 5.74) is 1.50. The second kappa shape index (κ2) is 5.98. The minimum absolute atomic E-state index is 0.206. The average Bonchev–Trinajstić information content (AvgIpc) is 2.28. The van der Waals surface area contributed by atoms with E-state index in [0.717, 1.165) is 6.42 Å². The lowest BCUT2D eigenvalue weighted by molar-refractivity contribution is 0.0696. The maximum Gasteiger partial charge on any atom is 0.339 e. The van der Waals surface area contributed by atoms with Crippen molar-refractivity contribution in [3.63, 3.8) is 0 Å². The van der Waals surface area contributed by atoms with Crippen LogP contribution in [-0.2, 0) is 0 Å². The zero-order valence-electron chi connectivity index (χ0n) is 10.3. The van der Waals surface area contributed by atoms with Gasteiger partial charge in [0.1, 0.15) is 5.56 Å². The Morgan fingerprint density at radius 2 is 2.12 bits per heavy atom. The molecule has 0 unspecified atom stereocenters. The van der Waals surface area contributed by atoms with Gasteiger partial charge in [-0.05, 0) is 32.8 Å². The molecule has 0 atom stereocenters. The number of anilines is 1. The van der Waals surface area contributed by atoms with Gasteiger partial charge in [-0.1, -0.05) is 12.2 Å². The van der Waals surface area contributed by atoms with Crippen molar-refractivity contribution in [1.29, 1.82) is 0 Å². The molecule has 0 radical (unpaired) electrons. The zero-order chi connectivity index (χ0) is 12.8. The van der Waals surface area contributed by atoms with Gasteiger partial charge in [-0.15, -0.1) is 5.10 Å². The third kappa shape index (κ3) is 3.27. The Balaban J connectivity index is 2.91. The lowest BCUT2D eigenvalue weighted by Gasteiger charge is -2.10. The largest absolute Gasteiger partial charge is 0.478 e. The fourth-order valence-corrected chi connectivity index (χ4v) is 1.43. The van der Waals surface area contributed by atoms with Gasteiger partial charge < -0.3 is 10.4 Å². The number of carboxylic acid groups (broad SMARTS) is 1. The third-order valence-electron chi connectivity index (χ3n) is 2.51. The van der Waals surface area contributed by atoms with Crippen LogP contribution in [0.2, 0.25) is 0 Å². The predicted molar refractivity (Wildman–Crippen MR) is 66.4 cm³/mol. The Hall–Kier alpha value is -1.91. The lowest BCUT2D eigenvalue weighted by atomic mass is 10.1. The molecule has 1 aromatic heterocycles. The number of carbonyl (C=O) groups is 1. The molecule has 92 valence electrons. The molecule has 0 aliphatic rings. The monoisotopic (exact) mass is 235 g/mol. The highest BCUT2D eigenvalue weighted by Crippen LogP contribution is 2.18. The number of hydrogen-bond acceptors (Lipinski definition) is 4. The van der Waals surface area contributed by atoms with E-state index in [9.17, 15) is 4.79 Å². The lowest BCUT2D eigenvalue weighted by Crippen LogP contribution is -2.13. The van der Waals surface area contributed by atoms with Crippen LogP contribution in [0.15, 0.2) is 12.2 Å². The predicted octanol–water partition coefficient (Wildman–Crippen LogP) is 2.17. The van der Waals surface area contributed by atoms with Crippen LogP contribution >= 0.6 is 0 Å². The Labute approximate surface area is 101 Å². The second-order valence-electron chi connectivity index (χ2n) is 3.72. The number of aryl methyl sites for hydroxylation is 1. The van der Waals surface area contributed by atoms with Crippen molar-refractivity contribution in [2.75, 3.05) is 11.9 Å². The molecule has 1 aromatic rings. The van der Waals surface area contributed by atoms with Crippen molar-refractivity contribution in [2.45, 2.75) is 27.2 Å². The first-order valence-electron chi connectivity index (χ1n) is 5.50. The van der Waals surface area contributed by atoms with Gasteiger partial charge in [0.2, 0.25) is 0 Å². The molecule has 5 heteroatoms. The number of allylic oxidation sites excluding steroid dienone is 1. The van der Waals surface area contributed by atoms with Gasteiger partial charge in [-0.25, -0.2) is 4.79 Å². The number of hydrogen-bond donors (Lipinski definition) is 2. The summed E-state index contributed by atoms with van der Waals surface area (Å²) in [6, 6.07) is 0.